The van der Waals surface area contributed by atoms with Crippen LogP contribution in [-0.4, -0.2) is 280 Å². The minimum atomic E-state index is -1.82. The molecule has 86 heavy (non-hydrogen) atoms. The van der Waals surface area contributed by atoms with E-state index < -0.39 is 155 Å². The van der Waals surface area contributed by atoms with Crippen LogP contribution < -0.4 is 10.6 Å². The SMILES string of the molecule is CNC(=O)CCCCCO[C@H]1[C@H](O)[C@@H](O)[C@@H](OC[C@H]2O[C@H](OC[C@H]3O[C@H](OC)[C@H](O)[C@@H](O)[C@@H]3O)[C@H](O)[C@@H](O)[C@@H]2OCCCCCC(=O)O)O[C@@H]1CO[C@H]1O[C@H](CO)[C@@H](OCCCCCC(=O)CCCNC(=O)CCSSc2ccccn2)[C@H](O)[C@H]1O. The number of aliphatic carboxylic acids is 1. The molecule has 0 spiro atoms. The average Bonchev–Trinajstić information content (AvgIpc) is 3.44. The van der Waals surface area contributed by atoms with Gasteiger partial charge in [-0.2, -0.15) is 0 Å². The van der Waals surface area contributed by atoms with Gasteiger partial charge in [-0.3, -0.25) is 19.2 Å². The van der Waals surface area contributed by atoms with Crippen molar-refractivity contribution in [1.82, 2.24) is 15.6 Å². The zero-order valence-electron chi connectivity index (χ0n) is 48.6. The summed E-state index contributed by atoms with van der Waals surface area (Å²) in [6, 6.07) is 5.63. The molecular formula is C55H91N3O26S2. The van der Waals surface area contributed by atoms with Crippen LogP contribution in [0.1, 0.15) is 96.3 Å². The molecule has 5 rings (SSSR count). The van der Waals surface area contributed by atoms with E-state index in [0.717, 1.165) is 5.03 Å². The smallest absolute Gasteiger partial charge is 0.303 e. The molecule has 29 nitrogen and oxygen atoms in total. The number of hydrogen-bond acceptors (Lipinski definition) is 28. The minimum Gasteiger partial charge on any atom is -0.481 e. The number of aromatic nitrogens is 1. The van der Waals surface area contributed by atoms with Crippen LogP contribution in [0, 0.1) is 0 Å². The molecule has 494 valence electrons. The molecule has 2 amide bonds. The number of carboxylic acid groups (broad SMARTS) is 1. The van der Waals surface area contributed by atoms with Gasteiger partial charge in [0.1, 0.15) is 108 Å². The second-order valence-electron chi connectivity index (χ2n) is 21.3. The van der Waals surface area contributed by atoms with Crippen LogP contribution in [0.4, 0.5) is 0 Å². The number of rotatable bonds is 41. The van der Waals surface area contributed by atoms with Crippen molar-refractivity contribution in [1.29, 1.82) is 0 Å². The van der Waals surface area contributed by atoms with Gasteiger partial charge in [-0.1, -0.05) is 36.1 Å². The minimum absolute atomic E-state index is 0.0213. The van der Waals surface area contributed by atoms with Gasteiger partial charge in [0.2, 0.25) is 11.8 Å². The Morgan fingerprint density at radius 3 is 1.50 bits per heavy atom. The zero-order valence-corrected chi connectivity index (χ0v) is 50.3. The maximum absolute atomic E-state index is 12.5. The first-order valence-corrected chi connectivity index (χ1v) is 31.7. The van der Waals surface area contributed by atoms with Crippen LogP contribution in [0.5, 0.6) is 0 Å². The van der Waals surface area contributed by atoms with Gasteiger partial charge < -0.3 is 119 Å². The number of carbonyl (C=O) groups excluding carboxylic acids is 3. The van der Waals surface area contributed by atoms with E-state index in [1.807, 2.05) is 18.2 Å². The van der Waals surface area contributed by atoms with Crippen LogP contribution in [0.2, 0.25) is 0 Å². The standard InChI is InChI=1S/C55H91N3O26S2/c1-56-36(61)17-7-4-12-24-76-50-34(29-79-53-46(71)42(67)49(32(27-59)81-53)75-23-11-3-6-15-31(60)16-14-22-57-37(62)20-26-85-86-38-18-9-10-21-58-38)84-55(48(73)44(50)69)80-30-35-51(77-25-13-5-8-19-39(63)64)43(68)47(72)54(83-35)78-28-33-40(65)41(66)45(70)52(74-2)82-33/h9-10,18,21,32-35,40-55,59,65-73H,3-8,11-17,19-20,22-30H2,1-2H3,(H,56,61)(H,57,62)(H,63,64)/t32-,33-,34-,35-,40-,41+,42-,43-,44-,45-,46-,47-,48-,49-,50-,51-,52+,53+,54+,55+/m1/s1. The van der Waals surface area contributed by atoms with Gasteiger partial charge >= 0.3 is 5.97 Å². The molecule has 0 bridgehead atoms. The number of carboxylic acids is 1. The number of ketones is 1. The number of nitrogens with zero attached hydrogens (tertiary/aromatic N) is 1. The normalized spacial score (nSPS) is 33.1. The largest absolute Gasteiger partial charge is 0.481 e. The van der Waals surface area contributed by atoms with Gasteiger partial charge in [-0.25, -0.2) is 4.98 Å². The Kier molecular flexibility index (Phi) is 34.4. The second-order valence-corrected chi connectivity index (χ2v) is 23.8. The van der Waals surface area contributed by atoms with Crippen molar-refractivity contribution in [2.24, 2.45) is 0 Å². The van der Waals surface area contributed by atoms with E-state index in [4.69, 9.17) is 57.2 Å². The van der Waals surface area contributed by atoms with Crippen molar-refractivity contribution in [3.63, 3.8) is 0 Å². The van der Waals surface area contributed by atoms with E-state index in [0.29, 0.717) is 95.8 Å². The highest BCUT2D eigenvalue weighted by Crippen LogP contribution is 2.33. The predicted molar refractivity (Wildman–Crippen MR) is 301 cm³/mol. The third-order valence-electron chi connectivity index (χ3n) is 14.8. The van der Waals surface area contributed by atoms with Crippen molar-refractivity contribution < 1.29 is 127 Å². The Bertz CT molecular complexity index is 2080. The number of pyridine rings is 1. The van der Waals surface area contributed by atoms with Gasteiger partial charge in [0, 0.05) is 84.6 Å². The number of hydrogen-bond donors (Lipinski definition) is 13. The van der Waals surface area contributed by atoms with Gasteiger partial charge in [-0.15, -0.1) is 0 Å². The maximum Gasteiger partial charge on any atom is 0.303 e. The highest BCUT2D eigenvalue weighted by atomic mass is 33.1. The molecule has 0 aliphatic carbocycles. The molecule has 5 heterocycles. The lowest BCUT2D eigenvalue weighted by Gasteiger charge is -2.46. The van der Waals surface area contributed by atoms with Crippen molar-refractivity contribution in [2.45, 2.75) is 224 Å². The Hall–Kier alpha value is -2.91. The molecule has 20 atom stereocenters. The molecule has 4 aliphatic rings. The summed E-state index contributed by atoms with van der Waals surface area (Å²) in [5, 5.41) is 125. The first-order chi connectivity index (χ1) is 41.4. The molecule has 0 unspecified atom stereocenters. The number of amides is 2. The lowest BCUT2D eigenvalue weighted by atomic mass is 9.97. The zero-order chi connectivity index (χ0) is 62.5. The topological polar surface area (TPSA) is 429 Å². The number of Topliss-reactive ketones (excluding diaryl/α,β-unsaturated/α-hetero) is 1. The fourth-order valence-corrected chi connectivity index (χ4v) is 11.7. The molecule has 0 saturated carbocycles. The summed E-state index contributed by atoms with van der Waals surface area (Å²) >= 11 is 0. The third kappa shape index (κ3) is 24.0. The van der Waals surface area contributed by atoms with Crippen molar-refractivity contribution in [2.75, 3.05) is 72.7 Å². The number of carbonyl (C=O) groups is 4. The number of nitrogens with one attached hydrogen (secondary N) is 2. The quantitative estimate of drug-likeness (QED) is 0.0254. The average molecular weight is 1270 g/mol. The predicted octanol–water partition coefficient (Wildman–Crippen LogP) is -1.82. The van der Waals surface area contributed by atoms with Gasteiger partial charge in [0.25, 0.3) is 0 Å². The van der Waals surface area contributed by atoms with Crippen LogP contribution in [0.15, 0.2) is 29.4 Å². The maximum atomic E-state index is 12.5. The monoisotopic (exact) mass is 1270 g/mol. The number of ether oxygens (including phenoxy) is 11. The lowest BCUT2D eigenvalue weighted by Crippen LogP contribution is -2.64. The number of unbranched alkanes of at least 4 members (excludes halogenated alkanes) is 6. The summed E-state index contributed by atoms with van der Waals surface area (Å²) < 4.78 is 64.4. The van der Waals surface area contributed by atoms with E-state index in [1.54, 1.807) is 17.0 Å². The molecule has 1 aromatic heterocycles. The fourth-order valence-electron chi connectivity index (χ4n) is 9.84. The highest BCUT2D eigenvalue weighted by molar-refractivity contribution is 8.76. The van der Waals surface area contributed by atoms with Crippen molar-refractivity contribution in [3.05, 3.63) is 24.4 Å². The van der Waals surface area contributed by atoms with E-state index in [-0.39, 0.29) is 50.3 Å². The first-order valence-electron chi connectivity index (χ1n) is 29.4. The third-order valence-corrected chi connectivity index (χ3v) is 17.1. The number of aliphatic hydroxyl groups is 10. The Labute approximate surface area is 507 Å². The fraction of sp³-hybridized carbons (Fsp3) is 0.836. The Morgan fingerprint density at radius 1 is 0.523 bits per heavy atom. The molecule has 31 heteroatoms. The van der Waals surface area contributed by atoms with Crippen molar-refractivity contribution in [3.8, 4) is 0 Å². The van der Waals surface area contributed by atoms with E-state index in [1.165, 1.54) is 25.0 Å². The van der Waals surface area contributed by atoms with Gasteiger partial charge in [-0.05, 0) is 67.9 Å². The molecule has 1 aromatic rings. The Balaban J connectivity index is 1.14. The van der Waals surface area contributed by atoms with E-state index in [9.17, 15) is 70.2 Å². The first kappa shape index (κ1) is 73.8. The molecule has 4 aliphatic heterocycles. The summed E-state index contributed by atoms with van der Waals surface area (Å²) in [7, 11) is 5.77. The van der Waals surface area contributed by atoms with E-state index in [2.05, 4.69) is 15.6 Å². The highest BCUT2D eigenvalue weighted by Gasteiger charge is 2.52. The van der Waals surface area contributed by atoms with Gasteiger partial charge in [0.05, 0.1) is 26.4 Å². The molecule has 4 fully saturated rings. The van der Waals surface area contributed by atoms with Crippen LogP contribution >= 0.6 is 21.6 Å². The summed E-state index contributed by atoms with van der Waals surface area (Å²) in [4.78, 5) is 51.8. The summed E-state index contributed by atoms with van der Waals surface area (Å²) in [6.07, 6.45) is -23.2. The van der Waals surface area contributed by atoms with Crippen molar-refractivity contribution >= 4 is 45.2 Å². The summed E-state index contributed by atoms with van der Waals surface area (Å²) in [5.74, 6) is -0.531. The second kappa shape index (κ2) is 40.1. The van der Waals surface area contributed by atoms with Crippen LogP contribution in [-0.2, 0) is 71.3 Å². The Morgan fingerprint density at radius 2 is 1.00 bits per heavy atom. The van der Waals surface area contributed by atoms with E-state index >= 15 is 0 Å². The van der Waals surface area contributed by atoms with Crippen LogP contribution in [0.25, 0.3) is 0 Å². The molecule has 13 N–H and O–H groups in total. The lowest BCUT2D eigenvalue weighted by molar-refractivity contribution is -0.351. The molecule has 0 radical (unpaired) electrons. The van der Waals surface area contributed by atoms with Gasteiger partial charge in [0.15, 0.2) is 25.2 Å². The molecular weight excluding hydrogens is 1180 g/mol. The molecule has 0 aromatic carbocycles. The van der Waals surface area contributed by atoms with Crippen LogP contribution in [0.3, 0.4) is 0 Å². The summed E-state index contributed by atoms with van der Waals surface area (Å²) in [5.41, 5.74) is 0. The summed E-state index contributed by atoms with van der Waals surface area (Å²) in [6.45, 7) is -1.88. The number of aliphatic hydroxyl groups excluding tert-OH is 10. The number of methoxy groups -OCH3 is 1. The molecule has 4 saturated heterocycles.